The van der Waals surface area contributed by atoms with Crippen LogP contribution in [0.5, 0.6) is 0 Å². The van der Waals surface area contributed by atoms with E-state index in [0.29, 0.717) is 30.5 Å². The second kappa shape index (κ2) is 8.79. The van der Waals surface area contributed by atoms with Crippen molar-refractivity contribution in [1.29, 1.82) is 0 Å². The number of pyridine rings is 1. The van der Waals surface area contributed by atoms with Crippen LogP contribution in [0.1, 0.15) is 25.0 Å². The summed E-state index contributed by atoms with van der Waals surface area (Å²) in [7, 11) is -1.57. The van der Waals surface area contributed by atoms with E-state index >= 15 is 0 Å². The van der Waals surface area contributed by atoms with Crippen molar-refractivity contribution in [3.63, 3.8) is 0 Å². The van der Waals surface area contributed by atoms with Gasteiger partial charge in [-0.3, -0.25) is 9.78 Å². The number of aromatic nitrogens is 4. The molecule has 0 aliphatic carbocycles. The number of amides is 1. The molecule has 2 aromatic heterocycles. The Bertz CT molecular complexity index is 1270. The van der Waals surface area contributed by atoms with Gasteiger partial charge in [0.2, 0.25) is 11.7 Å². The van der Waals surface area contributed by atoms with Crippen molar-refractivity contribution in [2.45, 2.75) is 32.6 Å². The standard InChI is InChI=1S/C22H24BF3N6O3/c1-13-11-30(18-4-6-27-17-10-14(23(34)35)2-3-16(17)18)7-5-15(13)20(33)31-8-9-32-19(12-31)28-29-21(32)22(24,25)26/h2-4,6,10,13,15,34-35H,5,7-9,11-12H2,1H3/t13-,15+/m1/s1. The summed E-state index contributed by atoms with van der Waals surface area (Å²) < 4.78 is 40.4. The van der Waals surface area contributed by atoms with E-state index in [2.05, 4.69) is 20.1 Å². The zero-order valence-corrected chi connectivity index (χ0v) is 19.0. The zero-order valence-electron chi connectivity index (χ0n) is 19.0. The first kappa shape index (κ1) is 23.6. The molecule has 2 aliphatic rings. The van der Waals surface area contributed by atoms with Crippen molar-refractivity contribution in [2.75, 3.05) is 24.5 Å². The lowest BCUT2D eigenvalue weighted by molar-refractivity contribution is -0.148. The first-order valence-corrected chi connectivity index (χ1v) is 11.4. The third-order valence-corrected chi connectivity index (χ3v) is 6.92. The number of rotatable bonds is 3. The van der Waals surface area contributed by atoms with Crippen LogP contribution in [0.2, 0.25) is 0 Å². The minimum absolute atomic E-state index is 0.0167. The maximum absolute atomic E-state index is 13.3. The Balaban J connectivity index is 1.29. The molecule has 1 amide bonds. The Morgan fingerprint density at radius 3 is 2.66 bits per heavy atom. The molecule has 1 saturated heterocycles. The van der Waals surface area contributed by atoms with E-state index in [9.17, 15) is 28.0 Å². The summed E-state index contributed by atoms with van der Waals surface area (Å²) >= 11 is 0. The molecular weight excluding hydrogens is 464 g/mol. The molecule has 5 rings (SSSR count). The van der Waals surface area contributed by atoms with E-state index in [0.717, 1.165) is 15.6 Å². The molecule has 0 bridgehead atoms. The molecule has 4 heterocycles. The number of carbonyl (C=O) groups excluding carboxylic acids is 1. The molecular formula is C22H24BF3N6O3. The largest absolute Gasteiger partial charge is 0.488 e. The normalized spacial score (nSPS) is 20.7. The Morgan fingerprint density at radius 2 is 1.94 bits per heavy atom. The fraction of sp³-hybridized carbons (Fsp3) is 0.455. The lowest BCUT2D eigenvalue weighted by atomic mass is 9.80. The molecule has 35 heavy (non-hydrogen) atoms. The van der Waals surface area contributed by atoms with E-state index in [-0.39, 0.29) is 43.2 Å². The van der Waals surface area contributed by atoms with E-state index in [1.807, 2.05) is 19.1 Å². The number of piperidine rings is 1. The molecule has 13 heteroatoms. The molecule has 1 aromatic carbocycles. The number of fused-ring (bicyclic) bond motifs is 2. The quantitative estimate of drug-likeness (QED) is 0.531. The highest BCUT2D eigenvalue weighted by Crippen LogP contribution is 2.34. The SMILES string of the molecule is C[C@@H]1CN(c2ccnc3cc(B(O)O)ccc23)CC[C@@H]1C(=O)N1CCn2c(nnc2C(F)(F)F)C1. The summed E-state index contributed by atoms with van der Waals surface area (Å²) in [4.78, 5) is 21.4. The Morgan fingerprint density at radius 1 is 1.14 bits per heavy atom. The van der Waals surface area contributed by atoms with Crippen LogP contribution in [0.25, 0.3) is 10.9 Å². The molecule has 0 spiro atoms. The van der Waals surface area contributed by atoms with Crippen LogP contribution in [0.3, 0.4) is 0 Å². The molecule has 184 valence electrons. The van der Waals surface area contributed by atoms with Gasteiger partial charge in [0.05, 0.1) is 12.1 Å². The number of hydrogen-bond acceptors (Lipinski definition) is 7. The summed E-state index contributed by atoms with van der Waals surface area (Å²) in [5, 5.41) is 26.7. The van der Waals surface area contributed by atoms with Crippen LogP contribution in [0.4, 0.5) is 18.9 Å². The molecule has 0 saturated carbocycles. The van der Waals surface area contributed by atoms with Gasteiger partial charge < -0.3 is 24.4 Å². The molecule has 9 nitrogen and oxygen atoms in total. The molecule has 1 fully saturated rings. The van der Waals surface area contributed by atoms with Gasteiger partial charge in [0, 0.05) is 49.4 Å². The van der Waals surface area contributed by atoms with Gasteiger partial charge in [-0.25, -0.2) is 0 Å². The molecule has 2 atom stereocenters. The number of halogens is 3. The van der Waals surface area contributed by atoms with Gasteiger partial charge in [-0.15, -0.1) is 10.2 Å². The van der Waals surface area contributed by atoms with E-state index < -0.39 is 19.1 Å². The highest BCUT2D eigenvalue weighted by molar-refractivity contribution is 6.58. The summed E-state index contributed by atoms with van der Waals surface area (Å²) in [5.74, 6) is -1.17. The average Bonchev–Trinajstić information content (AvgIpc) is 3.27. The fourth-order valence-electron chi connectivity index (χ4n) is 5.11. The van der Waals surface area contributed by atoms with Crippen LogP contribution >= 0.6 is 0 Å². The van der Waals surface area contributed by atoms with Crippen molar-refractivity contribution in [2.24, 2.45) is 11.8 Å². The van der Waals surface area contributed by atoms with Crippen molar-refractivity contribution >= 4 is 35.1 Å². The highest BCUT2D eigenvalue weighted by Gasteiger charge is 2.41. The van der Waals surface area contributed by atoms with E-state index in [1.54, 1.807) is 23.2 Å². The molecule has 2 N–H and O–H groups in total. The Hall–Kier alpha value is -3.19. The van der Waals surface area contributed by atoms with E-state index in [4.69, 9.17) is 0 Å². The second-order valence-corrected chi connectivity index (χ2v) is 9.15. The van der Waals surface area contributed by atoms with Crippen LogP contribution in [-0.2, 0) is 24.1 Å². The van der Waals surface area contributed by atoms with Crippen LogP contribution in [-0.4, -0.2) is 67.4 Å². The Labute approximate surface area is 199 Å². The number of benzene rings is 1. The van der Waals surface area contributed by atoms with Crippen molar-refractivity contribution in [3.8, 4) is 0 Å². The third-order valence-electron chi connectivity index (χ3n) is 6.92. The summed E-state index contributed by atoms with van der Waals surface area (Å²) in [6, 6.07) is 7.01. The topological polar surface area (TPSA) is 108 Å². The van der Waals surface area contributed by atoms with Crippen molar-refractivity contribution in [1.82, 2.24) is 24.6 Å². The molecule has 0 unspecified atom stereocenters. The van der Waals surface area contributed by atoms with Crippen molar-refractivity contribution < 1.29 is 28.0 Å². The first-order valence-electron chi connectivity index (χ1n) is 11.4. The average molecular weight is 488 g/mol. The number of carbonyl (C=O) groups is 1. The van der Waals surface area contributed by atoms with Gasteiger partial charge >= 0.3 is 13.3 Å². The van der Waals surface area contributed by atoms with Gasteiger partial charge in [-0.1, -0.05) is 19.1 Å². The minimum atomic E-state index is -4.57. The van der Waals surface area contributed by atoms with Crippen molar-refractivity contribution in [3.05, 3.63) is 42.1 Å². The third kappa shape index (κ3) is 4.34. The second-order valence-electron chi connectivity index (χ2n) is 9.15. The highest BCUT2D eigenvalue weighted by atomic mass is 19.4. The zero-order chi connectivity index (χ0) is 24.9. The van der Waals surface area contributed by atoms with Gasteiger partial charge in [0.1, 0.15) is 0 Å². The monoisotopic (exact) mass is 488 g/mol. The summed E-state index contributed by atoms with van der Waals surface area (Å²) in [5.41, 5.74) is 1.96. The van der Waals surface area contributed by atoms with Gasteiger partial charge in [-0.05, 0) is 29.9 Å². The molecule has 3 aromatic rings. The van der Waals surface area contributed by atoms with Gasteiger partial charge in [0.15, 0.2) is 5.82 Å². The first-order chi connectivity index (χ1) is 16.6. The van der Waals surface area contributed by atoms with Crippen LogP contribution < -0.4 is 10.4 Å². The number of nitrogens with zero attached hydrogens (tertiary/aromatic N) is 6. The smallest absolute Gasteiger partial charge is 0.423 e. The molecule has 2 aliphatic heterocycles. The van der Waals surface area contributed by atoms with Crippen LogP contribution in [0.15, 0.2) is 30.5 Å². The Kier molecular flexibility index (Phi) is 5.92. The lowest BCUT2D eigenvalue weighted by Crippen LogP contribution is -2.49. The number of anilines is 1. The minimum Gasteiger partial charge on any atom is -0.423 e. The summed E-state index contributed by atoms with van der Waals surface area (Å²) in [6.07, 6.45) is -2.30. The molecule has 0 radical (unpaired) electrons. The number of alkyl halides is 3. The maximum Gasteiger partial charge on any atom is 0.488 e. The van der Waals surface area contributed by atoms with Crippen LogP contribution in [0, 0.1) is 11.8 Å². The predicted octanol–water partition coefficient (Wildman–Crippen LogP) is 1.03. The van der Waals surface area contributed by atoms with E-state index in [1.165, 1.54) is 0 Å². The fourth-order valence-corrected chi connectivity index (χ4v) is 5.11. The summed E-state index contributed by atoms with van der Waals surface area (Å²) in [6.45, 7) is 3.49. The lowest BCUT2D eigenvalue weighted by Gasteiger charge is -2.40. The predicted molar refractivity (Wildman–Crippen MR) is 121 cm³/mol. The maximum atomic E-state index is 13.3. The number of hydrogen-bond donors (Lipinski definition) is 2. The van der Waals surface area contributed by atoms with Gasteiger partial charge in [-0.2, -0.15) is 13.2 Å². The van der Waals surface area contributed by atoms with Gasteiger partial charge in [0.25, 0.3) is 0 Å².